The molecule has 7 heteroatoms. The molecular weight excluding hydrogens is 344 g/mol. The maximum atomic E-state index is 13.0. The van der Waals surface area contributed by atoms with Crippen molar-refractivity contribution in [1.29, 1.82) is 0 Å². The smallest absolute Gasteiger partial charge is 0.327 e. The highest BCUT2D eigenvalue weighted by Gasteiger charge is 2.57. The molecule has 4 rings (SSSR count). The van der Waals surface area contributed by atoms with Crippen LogP contribution in [0.3, 0.4) is 0 Å². The normalized spacial score (nSPS) is 19.2. The van der Waals surface area contributed by atoms with Gasteiger partial charge < -0.3 is 14.8 Å². The van der Waals surface area contributed by atoms with Crippen molar-refractivity contribution < 1.29 is 14.4 Å². The number of hydrogen-bond acceptors (Lipinski definition) is 3. The van der Waals surface area contributed by atoms with E-state index in [2.05, 4.69) is 4.98 Å². The molecule has 0 atom stereocenters. The van der Waals surface area contributed by atoms with E-state index < -0.39 is 5.54 Å². The molecule has 4 amide bonds. The molecule has 2 fully saturated rings. The summed E-state index contributed by atoms with van der Waals surface area (Å²) in [5.41, 5.74) is 0.657. The van der Waals surface area contributed by atoms with Crippen molar-refractivity contribution in [2.24, 2.45) is 0 Å². The van der Waals surface area contributed by atoms with Crippen molar-refractivity contribution in [3.05, 3.63) is 59.9 Å². The summed E-state index contributed by atoms with van der Waals surface area (Å²) in [5, 5.41) is 0. The molecule has 0 bridgehead atoms. The summed E-state index contributed by atoms with van der Waals surface area (Å²) in [6.45, 7) is 1.27. The second-order valence-corrected chi connectivity index (χ2v) is 7.13. The number of amides is 4. The van der Waals surface area contributed by atoms with Gasteiger partial charge in [-0.1, -0.05) is 30.3 Å². The maximum absolute atomic E-state index is 13.0. The average Bonchev–Trinajstić information content (AvgIpc) is 3.30. The summed E-state index contributed by atoms with van der Waals surface area (Å²) in [6, 6.07) is 12.9. The van der Waals surface area contributed by atoms with E-state index in [1.165, 1.54) is 11.9 Å². The number of hydrogen-bond donors (Lipinski definition) is 1. The molecule has 2 aliphatic rings. The number of urea groups is 1. The van der Waals surface area contributed by atoms with Crippen molar-refractivity contribution >= 4 is 17.8 Å². The molecule has 1 spiro atoms. The monoisotopic (exact) mass is 366 g/mol. The summed E-state index contributed by atoms with van der Waals surface area (Å²) < 4.78 is 0. The zero-order valence-corrected chi connectivity index (χ0v) is 15.2. The molecule has 1 aromatic carbocycles. The highest BCUT2D eigenvalue weighted by atomic mass is 16.2. The van der Waals surface area contributed by atoms with E-state index in [0.717, 1.165) is 5.56 Å². The Morgan fingerprint density at radius 1 is 1.07 bits per heavy atom. The number of likely N-dealkylation sites (tertiary alicyclic amines) is 1. The first-order valence-corrected chi connectivity index (χ1v) is 9.09. The van der Waals surface area contributed by atoms with Gasteiger partial charge in [-0.05, 0) is 30.5 Å². The maximum Gasteiger partial charge on any atom is 0.327 e. The van der Waals surface area contributed by atoms with Crippen molar-refractivity contribution in [3.8, 4) is 0 Å². The first kappa shape index (κ1) is 17.3. The fraction of sp³-hybridized carbons (Fsp3) is 0.350. The minimum Gasteiger partial charge on any atom is -0.357 e. The lowest BCUT2D eigenvalue weighted by Gasteiger charge is -2.42. The van der Waals surface area contributed by atoms with Gasteiger partial charge in [0.25, 0.3) is 11.8 Å². The number of H-pyrrole nitrogens is 1. The Labute approximate surface area is 157 Å². The van der Waals surface area contributed by atoms with Crippen molar-refractivity contribution in [2.45, 2.75) is 24.9 Å². The van der Waals surface area contributed by atoms with E-state index in [1.54, 1.807) is 28.1 Å². The van der Waals surface area contributed by atoms with E-state index in [9.17, 15) is 14.4 Å². The van der Waals surface area contributed by atoms with Gasteiger partial charge in [-0.2, -0.15) is 0 Å². The predicted octanol–water partition coefficient (Wildman–Crippen LogP) is 2.08. The zero-order valence-electron chi connectivity index (χ0n) is 15.2. The number of aromatic nitrogens is 1. The molecule has 1 N–H and O–H groups in total. The largest absolute Gasteiger partial charge is 0.357 e. The van der Waals surface area contributed by atoms with Crippen LogP contribution in [-0.2, 0) is 11.3 Å². The van der Waals surface area contributed by atoms with Gasteiger partial charge in [0.2, 0.25) is 0 Å². The minimum atomic E-state index is -0.867. The highest BCUT2D eigenvalue weighted by molar-refractivity contribution is 6.07. The van der Waals surface area contributed by atoms with E-state index in [-0.39, 0.29) is 17.8 Å². The van der Waals surface area contributed by atoms with Crippen LogP contribution in [0.2, 0.25) is 0 Å². The first-order chi connectivity index (χ1) is 13.0. The molecule has 2 aliphatic heterocycles. The van der Waals surface area contributed by atoms with Crippen LogP contribution < -0.4 is 0 Å². The van der Waals surface area contributed by atoms with Crippen molar-refractivity contribution in [3.63, 3.8) is 0 Å². The Bertz CT molecular complexity index is 855. The number of piperidine rings is 1. The molecule has 1 aromatic heterocycles. The number of nitrogens with zero attached hydrogens (tertiary/aromatic N) is 3. The number of aromatic amines is 1. The Balaban J connectivity index is 1.56. The molecule has 0 aliphatic carbocycles. The van der Waals surface area contributed by atoms with E-state index in [1.807, 2.05) is 30.3 Å². The van der Waals surface area contributed by atoms with E-state index in [4.69, 9.17) is 0 Å². The fourth-order valence-electron chi connectivity index (χ4n) is 4.06. The lowest BCUT2D eigenvalue weighted by Crippen LogP contribution is -2.57. The summed E-state index contributed by atoms with van der Waals surface area (Å²) >= 11 is 0. The number of imide groups is 1. The van der Waals surface area contributed by atoms with Gasteiger partial charge in [0.1, 0.15) is 11.2 Å². The molecule has 0 unspecified atom stereocenters. The van der Waals surface area contributed by atoms with Crippen LogP contribution in [-0.4, -0.2) is 63.2 Å². The highest BCUT2D eigenvalue weighted by Crippen LogP contribution is 2.38. The van der Waals surface area contributed by atoms with Gasteiger partial charge in [-0.3, -0.25) is 14.5 Å². The molecule has 2 aromatic rings. The van der Waals surface area contributed by atoms with Gasteiger partial charge >= 0.3 is 6.03 Å². The molecule has 140 valence electrons. The van der Waals surface area contributed by atoms with Crippen LogP contribution >= 0.6 is 0 Å². The second kappa shape index (κ2) is 6.57. The Morgan fingerprint density at radius 3 is 2.41 bits per heavy atom. The topological polar surface area (TPSA) is 76.7 Å². The van der Waals surface area contributed by atoms with Gasteiger partial charge in [-0.15, -0.1) is 0 Å². The lowest BCUT2D eigenvalue weighted by molar-refractivity contribution is -0.134. The number of benzene rings is 1. The number of carbonyl (C=O) groups is 3. The molecule has 0 saturated carbocycles. The van der Waals surface area contributed by atoms with E-state index >= 15 is 0 Å². The van der Waals surface area contributed by atoms with Gasteiger partial charge in [0.05, 0.1) is 0 Å². The fourth-order valence-corrected chi connectivity index (χ4v) is 4.06. The predicted molar refractivity (Wildman–Crippen MR) is 98.8 cm³/mol. The van der Waals surface area contributed by atoms with Crippen molar-refractivity contribution in [2.75, 3.05) is 20.1 Å². The van der Waals surface area contributed by atoms with Crippen LogP contribution in [0.15, 0.2) is 48.7 Å². The lowest BCUT2D eigenvalue weighted by atomic mass is 9.85. The number of rotatable bonds is 3. The van der Waals surface area contributed by atoms with Gasteiger partial charge in [-0.25, -0.2) is 4.79 Å². The Morgan fingerprint density at radius 2 is 1.78 bits per heavy atom. The molecule has 27 heavy (non-hydrogen) atoms. The van der Waals surface area contributed by atoms with Gasteiger partial charge in [0, 0.05) is 32.9 Å². The molecule has 2 saturated heterocycles. The molecule has 7 nitrogen and oxygen atoms in total. The third-order valence-electron chi connectivity index (χ3n) is 5.63. The summed E-state index contributed by atoms with van der Waals surface area (Å²) in [4.78, 5) is 45.8. The first-order valence-electron chi connectivity index (χ1n) is 9.09. The van der Waals surface area contributed by atoms with Crippen LogP contribution in [0.5, 0.6) is 0 Å². The molecule has 3 heterocycles. The minimum absolute atomic E-state index is 0.0745. The number of carbonyl (C=O) groups excluding carboxylic acids is 3. The summed E-state index contributed by atoms with van der Waals surface area (Å²) in [7, 11) is 1.54. The van der Waals surface area contributed by atoms with Gasteiger partial charge in [0.15, 0.2) is 0 Å². The third kappa shape index (κ3) is 2.79. The van der Waals surface area contributed by atoms with Crippen molar-refractivity contribution in [1.82, 2.24) is 19.7 Å². The molecular formula is C20H22N4O3. The Kier molecular flexibility index (Phi) is 4.22. The van der Waals surface area contributed by atoms with Crippen LogP contribution in [0, 0.1) is 0 Å². The standard InChI is InChI=1S/C20H22N4O3/c1-22-18(26)20(24(19(22)27)14-15-6-3-2-4-7-15)9-12-23(13-10-20)17(25)16-8-5-11-21-16/h2-8,11,21H,9-10,12-14H2,1H3. The van der Waals surface area contributed by atoms with Crippen LogP contribution in [0.4, 0.5) is 4.79 Å². The number of likely N-dealkylation sites (N-methyl/N-ethyl adjacent to an activating group) is 1. The zero-order chi connectivity index (χ0) is 19.0. The average molecular weight is 366 g/mol. The van der Waals surface area contributed by atoms with Crippen LogP contribution in [0.25, 0.3) is 0 Å². The SMILES string of the molecule is CN1C(=O)N(Cc2ccccc2)C2(CCN(C(=O)c3ccc[nH]3)CC2)C1=O. The quantitative estimate of drug-likeness (QED) is 0.845. The van der Waals surface area contributed by atoms with Crippen LogP contribution in [0.1, 0.15) is 28.9 Å². The summed E-state index contributed by atoms with van der Waals surface area (Å²) in [5.74, 6) is -0.245. The van der Waals surface area contributed by atoms with E-state index in [0.29, 0.717) is 38.2 Å². The second-order valence-electron chi connectivity index (χ2n) is 7.13. The molecule has 0 radical (unpaired) electrons. The Hall–Kier alpha value is -3.09. The summed E-state index contributed by atoms with van der Waals surface area (Å²) in [6.07, 6.45) is 2.61. The number of nitrogens with one attached hydrogen (secondary N) is 1. The third-order valence-corrected chi connectivity index (χ3v) is 5.63.